The van der Waals surface area contributed by atoms with E-state index in [1.165, 1.54) is 38.6 Å². The number of carbonyl (C=O) groups is 1. The SMILES string of the molecule is CC1CCCC(C=O)(CN2CCC(C(C)C)C2)C1. The second-order valence-electron chi connectivity index (χ2n) is 7.21. The van der Waals surface area contributed by atoms with Gasteiger partial charge in [0.15, 0.2) is 0 Å². The van der Waals surface area contributed by atoms with Gasteiger partial charge in [-0.15, -0.1) is 0 Å². The summed E-state index contributed by atoms with van der Waals surface area (Å²) in [6.07, 6.45) is 7.38. The van der Waals surface area contributed by atoms with Gasteiger partial charge in [-0.1, -0.05) is 33.6 Å². The van der Waals surface area contributed by atoms with Crippen LogP contribution < -0.4 is 0 Å². The lowest BCUT2D eigenvalue weighted by Gasteiger charge is -2.38. The first-order chi connectivity index (χ1) is 8.54. The molecule has 0 aromatic heterocycles. The highest BCUT2D eigenvalue weighted by molar-refractivity contribution is 5.60. The van der Waals surface area contributed by atoms with E-state index in [4.69, 9.17) is 0 Å². The van der Waals surface area contributed by atoms with Crippen molar-refractivity contribution in [2.45, 2.75) is 52.9 Å². The van der Waals surface area contributed by atoms with Gasteiger partial charge in [0.1, 0.15) is 6.29 Å². The van der Waals surface area contributed by atoms with Crippen LogP contribution in [0.2, 0.25) is 0 Å². The van der Waals surface area contributed by atoms with Gasteiger partial charge in [0.25, 0.3) is 0 Å². The Morgan fingerprint density at radius 1 is 1.39 bits per heavy atom. The van der Waals surface area contributed by atoms with Crippen LogP contribution in [0.4, 0.5) is 0 Å². The summed E-state index contributed by atoms with van der Waals surface area (Å²) in [6, 6.07) is 0. The van der Waals surface area contributed by atoms with Crippen molar-refractivity contribution in [2.75, 3.05) is 19.6 Å². The fourth-order valence-corrected chi connectivity index (χ4v) is 3.98. The number of aldehydes is 1. The van der Waals surface area contributed by atoms with Crippen LogP contribution >= 0.6 is 0 Å². The van der Waals surface area contributed by atoms with Gasteiger partial charge in [0.05, 0.1) is 0 Å². The largest absolute Gasteiger partial charge is 0.303 e. The van der Waals surface area contributed by atoms with Crippen molar-refractivity contribution < 1.29 is 4.79 Å². The van der Waals surface area contributed by atoms with Gasteiger partial charge in [0, 0.05) is 18.5 Å². The highest BCUT2D eigenvalue weighted by Crippen LogP contribution is 2.39. The average Bonchev–Trinajstić information content (AvgIpc) is 2.77. The van der Waals surface area contributed by atoms with E-state index in [-0.39, 0.29) is 5.41 Å². The van der Waals surface area contributed by atoms with Crippen LogP contribution in [0.25, 0.3) is 0 Å². The minimum absolute atomic E-state index is 0.0243. The first-order valence-corrected chi connectivity index (χ1v) is 7.73. The number of carbonyl (C=O) groups excluding carboxylic acids is 1. The van der Waals surface area contributed by atoms with E-state index in [9.17, 15) is 4.79 Å². The minimum Gasteiger partial charge on any atom is -0.303 e. The Kier molecular flexibility index (Phi) is 4.47. The van der Waals surface area contributed by atoms with Crippen molar-refractivity contribution >= 4 is 6.29 Å². The molecule has 1 saturated heterocycles. The lowest BCUT2D eigenvalue weighted by atomic mass is 9.70. The second kappa shape index (κ2) is 5.73. The molecule has 3 unspecified atom stereocenters. The van der Waals surface area contributed by atoms with Gasteiger partial charge in [0.2, 0.25) is 0 Å². The molecule has 1 heterocycles. The molecule has 2 nitrogen and oxygen atoms in total. The van der Waals surface area contributed by atoms with E-state index in [1.807, 2.05) is 0 Å². The predicted octanol–water partition coefficient (Wildman–Crippen LogP) is 3.36. The van der Waals surface area contributed by atoms with E-state index >= 15 is 0 Å². The van der Waals surface area contributed by atoms with Gasteiger partial charge < -0.3 is 9.69 Å². The molecule has 0 bridgehead atoms. The lowest BCUT2D eigenvalue weighted by Crippen LogP contribution is -2.41. The zero-order valence-electron chi connectivity index (χ0n) is 12.3. The van der Waals surface area contributed by atoms with Gasteiger partial charge in [-0.3, -0.25) is 0 Å². The van der Waals surface area contributed by atoms with E-state index < -0.39 is 0 Å². The van der Waals surface area contributed by atoms with Gasteiger partial charge in [-0.2, -0.15) is 0 Å². The van der Waals surface area contributed by atoms with Gasteiger partial charge in [-0.05, 0) is 43.6 Å². The zero-order valence-corrected chi connectivity index (χ0v) is 12.3. The van der Waals surface area contributed by atoms with E-state index in [1.54, 1.807) is 0 Å². The van der Waals surface area contributed by atoms with Gasteiger partial charge in [-0.25, -0.2) is 0 Å². The number of hydrogen-bond acceptors (Lipinski definition) is 2. The highest BCUT2D eigenvalue weighted by Gasteiger charge is 2.38. The molecule has 2 rings (SSSR count). The zero-order chi connectivity index (χ0) is 13.2. The number of rotatable bonds is 4. The summed E-state index contributed by atoms with van der Waals surface area (Å²) in [5, 5.41) is 0. The van der Waals surface area contributed by atoms with Crippen molar-refractivity contribution in [3.05, 3.63) is 0 Å². The Balaban J connectivity index is 1.93. The van der Waals surface area contributed by atoms with Crippen molar-refractivity contribution in [2.24, 2.45) is 23.2 Å². The lowest BCUT2D eigenvalue weighted by molar-refractivity contribution is -0.119. The molecular formula is C16H29NO. The average molecular weight is 251 g/mol. The molecule has 0 radical (unpaired) electrons. The maximum absolute atomic E-state index is 11.6. The molecule has 0 N–H and O–H groups in total. The number of likely N-dealkylation sites (tertiary alicyclic amines) is 1. The molecule has 2 fully saturated rings. The monoisotopic (exact) mass is 251 g/mol. The van der Waals surface area contributed by atoms with Crippen LogP contribution in [0.5, 0.6) is 0 Å². The van der Waals surface area contributed by atoms with Crippen molar-refractivity contribution in [3.8, 4) is 0 Å². The van der Waals surface area contributed by atoms with E-state index in [0.29, 0.717) is 0 Å². The standard InChI is InChI=1S/C16H29NO/c1-13(2)15-6-8-17(10-15)11-16(12-18)7-4-5-14(3)9-16/h12-15H,4-11H2,1-3H3. The Bertz CT molecular complexity index is 289. The minimum atomic E-state index is -0.0243. The molecule has 0 spiro atoms. The van der Waals surface area contributed by atoms with E-state index in [0.717, 1.165) is 37.1 Å². The van der Waals surface area contributed by atoms with Crippen LogP contribution in [0.1, 0.15) is 52.9 Å². The Morgan fingerprint density at radius 3 is 2.72 bits per heavy atom. The summed E-state index contributed by atoms with van der Waals surface area (Å²) in [4.78, 5) is 14.2. The van der Waals surface area contributed by atoms with Crippen LogP contribution in [-0.4, -0.2) is 30.8 Å². The first kappa shape index (κ1) is 14.0. The summed E-state index contributed by atoms with van der Waals surface area (Å²) >= 11 is 0. The smallest absolute Gasteiger partial charge is 0.127 e. The second-order valence-corrected chi connectivity index (χ2v) is 7.21. The van der Waals surface area contributed by atoms with Crippen LogP contribution in [0.3, 0.4) is 0 Å². The Labute approximate surface area is 112 Å². The topological polar surface area (TPSA) is 20.3 Å². The number of nitrogens with zero attached hydrogens (tertiary/aromatic N) is 1. The molecule has 0 amide bonds. The highest BCUT2D eigenvalue weighted by atomic mass is 16.1. The van der Waals surface area contributed by atoms with Crippen molar-refractivity contribution in [3.63, 3.8) is 0 Å². The quantitative estimate of drug-likeness (QED) is 0.714. The number of hydrogen-bond donors (Lipinski definition) is 0. The summed E-state index contributed by atoms with van der Waals surface area (Å²) in [5.41, 5.74) is -0.0243. The van der Waals surface area contributed by atoms with Crippen LogP contribution in [-0.2, 0) is 4.79 Å². The molecule has 0 aromatic rings. The molecule has 2 heteroatoms. The fraction of sp³-hybridized carbons (Fsp3) is 0.938. The molecule has 3 atom stereocenters. The molecule has 18 heavy (non-hydrogen) atoms. The Hall–Kier alpha value is -0.370. The third-order valence-electron chi connectivity index (χ3n) is 5.17. The normalized spacial score (nSPS) is 38.2. The molecular weight excluding hydrogens is 222 g/mol. The first-order valence-electron chi connectivity index (χ1n) is 7.73. The van der Waals surface area contributed by atoms with Crippen LogP contribution in [0, 0.1) is 23.2 Å². The maximum Gasteiger partial charge on any atom is 0.127 e. The molecule has 1 aliphatic heterocycles. The van der Waals surface area contributed by atoms with Crippen molar-refractivity contribution in [1.82, 2.24) is 4.90 Å². The summed E-state index contributed by atoms with van der Waals surface area (Å²) in [7, 11) is 0. The molecule has 104 valence electrons. The maximum atomic E-state index is 11.6. The Morgan fingerprint density at radius 2 is 2.17 bits per heavy atom. The van der Waals surface area contributed by atoms with Crippen molar-refractivity contribution in [1.29, 1.82) is 0 Å². The third-order valence-corrected chi connectivity index (χ3v) is 5.17. The van der Waals surface area contributed by atoms with E-state index in [2.05, 4.69) is 25.7 Å². The summed E-state index contributed by atoms with van der Waals surface area (Å²) in [5.74, 6) is 2.36. The van der Waals surface area contributed by atoms with Crippen LogP contribution in [0.15, 0.2) is 0 Å². The summed E-state index contributed by atoms with van der Waals surface area (Å²) in [6.45, 7) is 10.4. The van der Waals surface area contributed by atoms with Gasteiger partial charge >= 0.3 is 0 Å². The molecule has 0 aromatic carbocycles. The molecule has 2 aliphatic rings. The fourth-order valence-electron chi connectivity index (χ4n) is 3.98. The predicted molar refractivity (Wildman–Crippen MR) is 75.5 cm³/mol. The molecule has 1 aliphatic carbocycles. The molecule has 1 saturated carbocycles. The summed E-state index contributed by atoms with van der Waals surface area (Å²) < 4.78 is 0. The third kappa shape index (κ3) is 3.14.